The van der Waals surface area contributed by atoms with Gasteiger partial charge in [0.2, 0.25) is 5.91 Å². The van der Waals surface area contributed by atoms with Crippen molar-refractivity contribution in [3.63, 3.8) is 0 Å². The zero-order valence-electron chi connectivity index (χ0n) is 15.6. The molecule has 0 radical (unpaired) electrons. The Morgan fingerprint density at radius 3 is 2.54 bits per heavy atom. The summed E-state index contributed by atoms with van der Waals surface area (Å²) in [5, 5.41) is 2.69. The second-order valence-electron chi connectivity index (χ2n) is 5.99. The zero-order valence-corrected chi connectivity index (χ0v) is 16.4. The molecule has 154 valence electrons. The summed E-state index contributed by atoms with van der Waals surface area (Å²) in [4.78, 5) is 12.1. The number of nitrogens with two attached hydrogens (primary N) is 1. The Bertz CT molecular complexity index is 733. The van der Waals surface area contributed by atoms with Crippen molar-refractivity contribution in [2.45, 2.75) is 39.0 Å². The lowest BCUT2D eigenvalue weighted by atomic mass is 10.0. The van der Waals surface area contributed by atoms with Crippen LogP contribution in [-0.2, 0) is 11.3 Å². The summed E-state index contributed by atoms with van der Waals surface area (Å²) >= 11 is 0. The molecule has 0 fully saturated rings. The number of hydrogen-bond acceptors (Lipinski definition) is 4. The van der Waals surface area contributed by atoms with E-state index >= 15 is 0 Å². The van der Waals surface area contributed by atoms with Gasteiger partial charge in [-0.05, 0) is 24.1 Å². The predicted octanol–water partition coefficient (Wildman–Crippen LogP) is 4.20. The van der Waals surface area contributed by atoms with Gasteiger partial charge in [0.15, 0.2) is 0 Å². The third-order valence-corrected chi connectivity index (χ3v) is 3.84. The van der Waals surface area contributed by atoms with Gasteiger partial charge >= 0.3 is 6.61 Å². The van der Waals surface area contributed by atoms with E-state index in [-0.39, 0.29) is 37.0 Å². The molecular formula is C20H25ClF2N2O3. The number of nitrogens with one attached hydrogen (secondary N) is 1. The standard InChI is InChI=1S/C20H24F2N2O3.ClH/c1-2-10-26-16-9-8-15(18(11-16)27-20(21)22)13-24-19(25)12-17(23)14-6-4-3-5-7-14;/h3-9,11,17,20H,2,10,12-13,23H2,1H3,(H,24,25);1H. The van der Waals surface area contributed by atoms with E-state index in [0.29, 0.717) is 17.9 Å². The molecule has 5 nitrogen and oxygen atoms in total. The number of carbonyl (C=O) groups is 1. The molecule has 0 bridgehead atoms. The molecule has 2 aromatic carbocycles. The van der Waals surface area contributed by atoms with Crippen molar-refractivity contribution < 1.29 is 23.0 Å². The topological polar surface area (TPSA) is 73.6 Å². The van der Waals surface area contributed by atoms with Crippen LogP contribution >= 0.6 is 12.4 Å². The highest BCUT2D eigenvalue weighted by Gasteiger charge is 2.14. The van der Waals surface area contributed by atoms with Crippen molar-refractivity contribution >= 4 is 18.3 Å². The minimum absolute atomic E-state index is 0. The number of ether oxygens (including phenoxy) is 2. The largest absolute Gasteiger partial charge is 0.493 e. The lowest BCUT2D eigenvalue weighted by molar-refractivity contribution is -0.121. The van der Waals surface area contributed by atoms with Gasteiger partial charge in [-0.2, -0.15) is 8.78 Å². The van der Waals surface area contributed by atoms with Gasteiger partial charge in [0.05, 0.1) is 6.61 Å². The SMILES string of the molecule is CCCOc1ccc(CNC(=O)CC(N)c2ccccc2)c(OC(F)F)c1.Cl. The second kappa shape index (κ2) is 12.2. The van der Waals surface area contributed by atoms with Gasteiger partial charge in [0.1, 0.15) is 11.5 Å². The molecule has 3 N–H and O–H groups in total. The van der Waals surface area contributed by atoms with E-state index in [1.165, 1.54) is 6.07 Å². The molecule has 8 heteroatoms. The molecule has 1 unspecified atom stereocenters. The van der Waals surface area contributed by atoms with Crippen LogP contribution in [0.4, 0.5) is 8.78 Å². The number of alkyl halides is 2. The second-order valence-corrected chi connectivity index (χ2v) is 5.99. The summed E-state index contributed by atoms with van der Waals surface area (Å²) in [5.41, 5.74) is 7.31. The monoisotopic (exact) mass is 414 g/mol. The summed E-state index contributed by atoms with van der Waals surface area (Å²) in [5.74, 6) is 0.139. The summed E-state index contributed by atoms with van der Waals surface area (Å²) in [6, 6.07) is 13.5. The molecule has 28 heavy (non-hydrogen) atoms. The number of carbonyl (C=O) groups excluding carboxylic acids is 1. The molecule has 0 heterocycles. The Kier molecular flexibility index (Phi) is 10.3. The molecular weight excluding hydrogens is 390 g/mol. The van der Waals surface area contributed by atoms with Gasteiger partial charge in [0.25, 0.3) is 0 Å². The maximum absolute atomic E-state index is 12.7. The van der Waals surface area contributed by atoms with Crippen molar-refractivity contribution in [2.24, 2.45) is 5.73 Å². The molecule has 2 aromatic rings. The highest BCUT2D eigenvalue weighted by atomic mass is 35.5. The predicted molar refractivity (Wildman–Crippen MR) is 106 cm³/mol. The van der Waals surface area contributed by atoms with Gasteiger partial charge < -0.3 is 20.5 Å². The molecule has 0 spiro atoms. The van der Waals surface area contributed by atoms with E-state index in [9.17, 15) is 13.6 Å². The summed E-state index contributed by atoms with van der Waals surface area (Å²) < 4.78 is 35.3. The molecule has 2 rings (SSSR count). The van der Waals surface area contributed by atoms with Crippen LogP contribution < -0.4 is 20.5 Å². The van der Waals surface area contributed by atoms with Crippen molar-refractivity contribution in [1.82, 2.24) is 5.32 Å². The Morgan fingerprint density at radius 2 is 1.89 bits per heavy atom. The smallest absolute Gasteiger partial charge is 0.387 e. The first kappa shape index (κ1) is 23.7. The maximum Gasteiger partial charge on any atom is 0.387 e. The van der Waals surface area contributed by atoms with Gasteiger partial charge in [-0.1, -0.05) is 37.3 Å². The summed E-state index contributed by atoms with van der Waals surface area (Å²) in [6.07, 6.45) is 0.886. The highest BCUT2D eigenvalue weighted by Crippen LogP contribution is 2.27. The van der Waals surface area contributed by atoms with Crippen molar-refractivity contribution in [2.75, 3.05) is 6.61 Å². The Morgan fingerprint density at radius 1 is 1.18 bits per heavy atom. The van der Waals surface area contributed by atoms with E-state index in [4.69, 9.17) is 10.5 Å². The van der Waals surface area contributed by atoms with Crippen LogP contribution in [0.25, 0.3) is 0 Å². The van der Waals surface area contributed by atoms with Crippen LogP contribution in [0.3, 0.4) is 0 Å². The van der Waals surface area contributed by atoms with Gasteiger partial charge in [-0.25, -0.2) is 0 Å². The average Bonchev–Trinajstić information content (AvgIpc) is 2.65. The van der Waals surface area contributed by atoms with Crippen LogP contribution in [0.15, 0.2) is 48.5 Å². The molecule has 0 aliphatic carbocycles. The first-order chi connectivity index (χ1) is 13.0. The first-order valence-electron chi connectivity index (χ1n) is 8.77. The third kappa shape index (κ3) is 7.70. The van der Waals surface area contributed by atoms with E-state index in [2.05, 4.69) is 10.1 Å². The molecule has 0 aliphatic rings. The maximum atomic E-state index is 12.7. The van der Waals surface area contributed by atoms with Gasteiger partial charge in [-0.15, -0.1) is 12.4 Å². The van der Waals surface area contributed by atoms with E-state index in [1.807, 2.05) is 37.3 Å². The number of amides is 1. The van der Waals surface area contributed by atoms with Gasteiger partial charge in [-0.3, -0.25) is 4.79 Å². The van der Waals surface area contributed by atoms with Crippen LogP contribution in [0.5, 0.6) is 11.5 Å². The molecule has 0 aliphatic heterocycles. The Labute approximate surface area is 169 Å². The number of rotatable bonds is 10. The minimum Gasteiger partial charge on any atom is -0.493 e. The summed E-state index contributed by atoms with van der Waals surface area (Å²) in [6.45, 7) is -0.495. The fourth-order valence-electron chi connectivity index (χ4n) is 2.48. The van der Waals surface area contributed by atoms with Crippen LogP contribution in [0.2, 0.25) is 0 Å². The highest BCUT2D eigenvalue weighted by molar-refractivity contribution is 5.85. The molecule has 1 atom stereocenters. The fraction of sp³-hybridized carbons (Fsp3) is 0.350. The molecule has 1 amide bonds. The average molecular weight is 415 g/mol. The summed E-state index contributed by atoms with van der Waals surface area (Å²) in [7, 11) is 0. The quantitative estimate of drug-likeness (QED) is 0.611. The number of halogens is 3. The lowest BCUT2D eigenvalue weighted by Crippen LogP contribution is -2.27. The minimum atomic E-state index is -2.97. The van der Waals surface area contributed by atoms with Crippen LogP contribution in [0, 0.1) is 0 Å². The van der Waals surface area contributed by atoms with Crippen LogP contribution in [-0.4, -0.2) is 19.1 Å². The molecule has 0 saturated carbocycles. The first-order valence-corrected chi connectivity index (χ1v) is 8.77. The Hall–Kier alpha value is -2.38. The van der Waals surface area contributed by atoms with Crippen molar-refractivity contribution in [3.05, 3.63) is 59.7 Å². The van der Waals surface area contributed by atoms with Crippen LogP contribution in [0.1, 0.15) is 36.9 Å². The normalized spacial score (nSPS) is 11.5. The van der Waals surface area contributed by atoms with E-state index in [1.54, 1.807) is 12.1 Å². The molecule has 0 aromatic heterocycles. The molecule has 0 saturated heterocycles. The lowest BCUT2D eigenvalue weighted by Gasteiger charge is -2.15. The number of hydrogen-bond donors (Lipinski definition) is 2. The van der Waals surface area contributed by atoms with Gasteiger partial charge in [0, 0.05) is 30.6 Å². The number of benzene rings is 2. The van der Waals surface area contributed by atoms with Crippen molar-refractivity contribution in [1.29, 1.82) is 0 Å². The Balaban J connectivity index is 0.00000392. The zero-order chi connectivity index (χ0) is 19.6. The third-order valence-electron chi connectivity index (χ3n) is 3.84. The van der Waals surface area contributed by atoms with Crippen molar-refractivity contribution in [3.8, 4) is 11.5 Å². The fourth-order valence-corrected chi connectivity index (χ4v) is 2.48. The van der Waals surface area contributed by atoms with E-state index in [0.717, 1.165) is 12.0 Å². The van der Waals surface area contributed by atoms with E-state index < -0.39 is 12.7 Å².